The summed E-state index contributed by atoms with van der Waals surface area (Å²) in [6.45, 7) is 0. The largest absolute Gasteiger partial charge is 1.00 e. The number of benzene rings is 4. The van der Waals surface area contributed by atoms with Gasteiger partial charge in [0.25, 0.3) is 0 Å². The summed E-state index contributed by atoms with van der Waals surface area (Å²) in [5.74, 6) is 0. The molecule has 2 aromatic heterocycles. The second-order valence-electron chi connectivity index (χ2n) is 12.7. The molecule has 4 atom stereocenters. The van der Waals surface area contributed by atoms with Crippen molar-refractivity contribution in [2.75, 3.05) is 0 Å². The fourth-order valence-electron chi connectivity index (χ4n) is 8.78. The Bertz CT molecular complexity index is 2040. The van der Waals surface area contributed by atoms with E-state index in [0.29, 0.717) is 7.35 Å². The Morgan fingerprint density at radius 2 is 0.911 bits per heavy atom. The normalized spacial score (nSPS) is 19.6. The van der Waals surface area contributed by atoms with Crippen LogP contribution < -0.4 is 24.8 Å². The van der Waals surface area contributed by atoms with Crippen molar-refractivity contribution in [3.8, 4) is 0 Å². The van der Waals surface area contributed by atoms with Gasteiger partial charge >= 0.3 is 269 Å². The molecular weight excluding hydrogens is 792 g/mol. The fraction of sp³-hybridized carbons (Fsp3) is 0.200. The van der Waals surface area contributed by atoms with Crippen LogP contribution in [0.4, 0.5) is 0 Å². The first-order chi connectivity index (χ1) is 21.3. The van der Waals surface area contributed by atoms with E-state index in [0.717, 1.165) is 0 Å². The van der Waals surface area contributed by atoms with Crippen LogP contribution in [0.1, 0.15) is 64.2 Å². The molecule has 6 aromatic rings. The first-order valence-corrected chi connectivity index (χ1v) is 22.8. The van der Waals surface area contributed by atoms with Crippen LogP contribution in [0.3, 0.4) is 0 Å². The fourth-order valence-corrected chi connectivity index (χ4v) is 25.2. The SMILES string of the molecule is C1=C(p2c3c(c4ccccc42)CCC3)[CH]([Hf+2][CH]2C(p3c4c(c5ccccc53)CCC4)=Cc3ccccc32)c2ccccc21.[Cl-].[Cl-]. The third-order valence-electron chi connectivity index (χ3n) is 10.5. The second kappa shape index (κ2) is 11.8. The molecule has 45 heavy (non-hydrogen) atoms. The van der Waals surface area contributed by atoms with Gasteiger partial charge in [-0.3, -0.25) is 0 Å². The summed E-state index contributed by atoms with van der Waals surface area (Å²) in [5.41, 5.74) is 9.75. The van der Waals surface area contributed by atoms with Gasteiger partial charge in [-0.1, -0.05) is 0 Å². The van der Waals surface area contributed by atoms with Crippen molar-refractivity contribution in [3.05, 3.63) is 141 Å². The Morgan fingerprint density at radius 3 is 1.40 bits per heavy atom. The van der Waals surface area contributed by atoms with E-state index < -0.39 is 22.9 Å². The molecular formula is C40H32Cl2HfP2. The predicted molar refractivity (Wildman–Crippen MR) is 184 cm³/mol. The molecule has 0 amide bonds. The number of fused-ring (bicyclic) bond motifs is 8. The van der Waals surface area contributed by atoms with E-state index in [-0.39, 0.29) is 39.9 Å². The van der Waals surface area contributed by atoms with Gasteiger partial charge < -0.3 is 24.8 Å². The van der Waals surface area contributed by atoms with Crippen molar-refractivity contribution < 1.29 is 47.7 Å². The van der Waals surface area contributed by atoms with Gasteiger partial charge in [-0.05, 0) is 0 Å². The standard InChI is InChI=1S/2C20H16P.2ClH.Hf/c2*1-2-7-15-13-16(12-14(15)6-1)21-19-10-4-3-8-17(19)18-9-5-11-20(18)21;;;/h2*1-4,6-8,10,12-13H,5,9,11H2;2*1H;/q;;;;+2/p-2. The minimum Gasteiger partial charge on any atom is -1.00 e. The molecule has 0 radical (unpaired) electrons. The maximum atomic E-state index is 2.68. The van der Waals surface area contributed by atoms with Gasteiger partial charge in [-0.15, -0.1) is 0 Å². The number of rotatable bonds is 4. The van der Waals surface area contributed by atoms with Crippen molar-refractivity contribution in [3.63, 3.8) is 0 Å². The minimum atomic E-state index is -1.34. The van der Waals surface area contributed by atoms with E-state index in [1.54, 1.807) is 43.3 Å². The predicted octanol–water partition coefficient (Wildman–Crippen LogP) is 5.84. The van der Waals surface area contributed by atoms with Crippen molar-refractivity contribution >= 4 is 58.9 Å². The molecule has 0 saturated heterocycles. The number of aryl methyl sites for hydroxylation is 2. The molecule has 0 N–H and O–H groups in total. The molecule has 0 bridgehead atoms. The van der Waals surface area contributed by atoms with Crippen molar-refractivity contribution in [2.45, 2.75) is 45.9 Å². The van der Waals surface area contributed by atoms with Crippen LogP contribution in [-0.4, -0.2) is 0 Å². The van der Waals surface area contributed by atoms with E-state index in [4.69, 9.17) is 0 Å². The molecule has 0 nitrogen and oxygen atoms in total. The number of hydrogen-bond acceptors (Lipinski definition) is 0. The zero-order chi connectivity index (χ0) is 28.1. The van der Waals surface area contributed by atoms with Gasteiger partial charge in [-0.25, -0.2) is 0 Å². The Balaban J connectivity index is 0.00000150. The van der Waals surface area contributed by atoms with Crippen molar-refractivity contribution in [1.29, 1.82) is 0 Å². The summed E-state index contributed by atoms with van der Waals surface area (Å²) in [6, 6.07) is 37.9. The summed E-state index contributed by atoms with van der Waals surface area (Å²) in [6.07, 6.45) is 13.2. The van der Waals surface area contributed by atoms with Gasteiger partial charge in [0.05, 0.1) is 0 Å². The number of allylic oxidation sites excluding steroid dienone is 2. The van der Waals surface area contributed by atoms with Gasteiger partial charge in [-0.2, -0.15) is 0 Å². The smallest absolute Gasteiger partial charge is 1.00 e. The van der Waals surface area contributed by atoms with Gasteiger partial charge in [0.2, 0.25) is 0 Å². The summed E-state index contributed by atoms with van der Waals surface area (Å²) < 4.78 is 1.32. The third-order valence-corrected chi connectivity index (χ3v) is 24.7. The summed E-state index contributed by atoms with van der Waals surface area (Å²) in [5, 5.41) is 13.8. The van der Waals surface area contributed by atoms with Crippen LogP contribution in [0.25, 0.3) is 43.8 Å². The monoisotopic (exact) mass is 824 g/mol. The summed E-state index contributed by atoms with van der Waals surface area (Å²) >= 11 is -1.34. The molecule has 0 fully saturated rings. The second-order valence-corrected chi connectivity index (χ2v) is 22.5. The minimum absolute atomic E-state index is 0. The molecule has 4 aliphatic carbocycles. The van der Waals surface area contributed by atoms with Crippen molar-refractivity contribution in [2.24, 2.45) is 0 Å². The van der Waals surface area contributed by atoms with E-state index >= 15 is 0 Å². The topological polar surface area (TPSA) is 0 Å². The molecule has 0 saturated carbocycles. The van der Waals surface area contributed by atoms with Crippen LogP contribution in [0, 0.1) is 0 Å². The average Bonchev–Trinajstić information content (AvgIpc) is 3.88. The van der Waals surface area contributed by atoms with E-state index in [9.17, 15) is 0 Å². The molecule has 0 spiro atoms. The molecule has 4 aromatic carbocycles. The average molecular weight is 824 g/mol. The van der Waals surface area contributed by atoms with Crippen LogP contribution in [0.2, 0.25) is 0 Å². The molecule has 0 aliphatic heterocycles. The maximum absolute atomic E-state index is 2.68. The van der Waals surface area contributed by atoms with Gasteiger partial charge in [0.15, 0.2) is 0 Å². The molecule has 220 valence electrons. The Kier molecular flexibility index (Phi) is 7.96. The summed E-state index contributed by atoms with van der Waals surface area (Å²) in [7, 11) is -0.771. The van der Waals surface area contributed by atoms with E-state index in [1.165, 1.54) is 49.7 Å². The maximum Gasteiger partial charge on any atom is -1.00 e. The third kappa shape index (κ3) is 4.49. The summed E-state index contributed by atoms with van der Waals surface area (Å²) in [4.78, 5) is 0. The zero-order valence-corrected chi connectivity index (χ0v) is 31.8. The van der Waals surface area contributed by atoms with Crippen molar-refractivity contribution in [1.82, 2.24) is 0 Å². The van der Waals surface area contributed by atoms with E-state index in [1.807, 2.05) is 21.2 Å². The molecule has 4 unspecified atom stereocenters. The quantitative estimate of drug-likeness (QED) is 0.196. The van der Waals surface area contributed by atoms with E-state index in [2.05, 4.69) is 109 Å². The molecule has 10 rings (SSSR count). The zero-order valence-electron chi connectivity index (χ0n) is 24.9. The van der Waals surface area contributed by atoms with Crippen LogP contribution in [0.15, 0.2) is 97.1 Å². The Morgan fingerprint density at radius 1 is 0.489 bits per heavy atom. The first kappa shape index (κ1) is 30.2. The van der Waals surface area contributed by atoms with Gasteiger partial charge in [0.1, 0.15) is 0 Å². The van der Waals surface area contributed by atoms with Crippen LogP contribution in [-0.2, 0) is 48.6 Å². The Hall–Kier alpha value is -2.11. The molecule has 4 aliphatic rings. The Labute approximate surface area is 291 Å². The van der Waals surface area contributed by atoms with Gasteiger partial charge in [0, 0.05) is 0 Å². The first-order valence-electron chi connectivity index (χ1n) is 16.0. The number of halogens is 2. The molecule has 2 heterocycles. The molecule has 5 heteroatoms. The van der Waals surface area contributed by atoms with Crippen LogP contribution in [0.5, 0.6) is 0 Å². The number of hydrogen-bond donors (Lipinski definition) is 0. The van der Waals surface area contributed by atoms with Crippen LogP contribution >= 0.6 is 15.1 Å².